The standard InChI is InChI=1S/C21H26N4O2/c1-3-24-13-19-21(25(4-2)15-24)23-20(22-19)10-7-16-5-8-17(9-6-16)27-18-11-12-26-14-18/h5-10,13,18H,3-4,11-12,14-15H2,1-2H3/b10-7+/t18-/m1/s1. The van der Waals surface area contributed by atoms with E-state index in [-0.39, 0.29) is 6.10 Å². The van der Waals surface area contributed by atoms with Crippen molar-refractivity contribution in [2.45, 2.75) is 26.4 Å². The second-order valence-corrected chi connectivity index (χ2v) is 6.83. The first-order valence-corrected chi connectivity index (χ1v) is 9.66. The van der Waals surface area contributed by atoms with Crippen LogP contribution in [0.1, 0.15) is 25.8 Å². The van der Waals surface area contributed by atoms with Gasteiger partial charge >= 0.3 is 0 Å². The number of likely N-dealkylation sites (N-methyl/N-ethyl adjacent to an activating group) is 1. The van der Waals surface area contributed by atoms with E-state index >= 15 is 0 Å². The Morgan fingerprint density at radius 1 is 1.15 bits per heavy atom. The Labute approximate surface area is 160 Å². The summed E-state index contributed by atoms with van der Waals surface area (Å²) in [6.07, 6.45) is 7.25. The molecule has 0 unspecified atom stereocenters. The monoisotopic (exact) mass is 366 g/mol. The van der Waals surface area contributed by atoms with Crippen LogP contribution in [0.4, 0.5) is 0 Å². The first-order chi connectivity index (χ1) is 13.2. The molecule has 0 saturated carbocycles. The molecule has 1 fully saturated rings. The highest BCUT2D eigenvalue weighted by molar-refractivity contribution is 6.16. The molecule has 0 amide bonds. The quantitative estimate of drug-likeness (QED) is 0.776. The molecule has 6 nitrogen and oxygen atoms in total. The number of hydrogen-bond acceptors (Lipinski definition) is 6. The molecule has 0 bridgehead atoms. The van der Waals surface area contributed by atoms with Crippen LogP contribution < -0.4 is 4.74 Å². The molecule has 1 atom stereocenters. The molecular formula is C21H26N4O2. The summed E-state index contributed by atoms with van der Waals surface area (Å²) in [6.45, 7) is 8.53. The maximum atomic E-state index is 5.90. The number of nitrogens with zero attached hydrogens (tertiary/aromatic N) is 4. The SMILES string of the molecule is CCN1C=C2N=C(/C=C/c3ccc(O[C@@H]4CCOC4)cc3)N=C2N(CC)C1. The van der Waals surface area contributed by atoms with E-state index in [1.165, 1.54) is 0 Å². The Kier molecular flexibility index (Phi) is 5.25. The normalized spacial score (nSPS) is 22.0. The number of benzene rings is 1. The minimum atomic E-state index is 0.177. The highest BCUT2D eigenvalue weighted by atomic mass is 16.5. The van der Waals surface area contributed by atoms with Crippen LogP contribution >= 0.6 is 0 Å². The van der Waals surface area contributed by atoms with Crippen LogP contribution in [0.2, 0.25) is 0 Å². The van der Waals surface area contributed by atoms with E-state index in [9.17, 15) is 0 Å². The third-order valence-corrected chi connectivity index (χ3v) is 4.92. The smallest absolute Gasteiger partial charge is 0.160 e. The van der Waals surface area contributed by atoms with Crippen LogP contribution in [0.5, 0.6) is 5.75 Å². The van der Waals surface area contributed by atoms with Crippen molar-refractivity contribution < 1.29 is 9.47 Å². The lowest BCUT2D eigenvalue weighted by molar-refractivity contribution is 0.141. The molecule has 27 heavy (non-hydrogen) atoms. The largest absolute Gasteiger partial charge is 0.488 e. The summed E-state index contributed by atoms with van der Waals surface area (Å²) in [4.78, 5) is 13.9. The minimum absolute atomic E-state index is 0.177. The number of fused-ring (bicyclic) bond motifs is 1. The first-order valence-electron chi connectivity index (χ1n) is 9.66. The highest BCUT2D eigenvalue weighted by Crippen LogP contribution is 2.21. The summed E-state index contributed by atoms with van der Waals surface area (Å²) in [5, 5.41) is 0. The average Bonchev–Trinajstić information content (AvgIpc) is 3.35. The Bertz CT molecular complexity index is 789. The van der Waals surface area contributed by atoms with Crippen molar-refractivity contribution in [1.82, 2.24) is 9.80 Å². The van der Waals surface area contributed by atoms with E-state index < -0.39 is 0 Å². The molecule has 0 spiro atoms. The van der Waals surface area contributed by atoms with Gasteiger partial charge in [0.2, 0.25) is 0 Å². The van der Waals surface area contributed by atoms with Crippen molar-refractivity contribution in [2.75, 3.05) is 33.0 Å². The summed E-state index contributed by atoms with van der Waals surface area (Å²) >= 11 is 0. The molecule has 3 aliphatic heterocycles. The van der Waals surface area contributed by atoms with E-state index in [0.29, 0.717) is 6.61 Å². The fraction of sp³-hybridized carbons (Fsp3) is 0.429. The zero-order valence-electron chi connectivity index (χ0n) is 16.0. The Hall–Kier alpha value is -2.60. The van der Waals surface area contributed by atoms with Crippen molar-refractivity contribution in [3.05, 3.63) is 47.8 Å². The predicted molar refractivity (Wildman–Crippen MR) is 108 cm³/mol. The molecule has 0 aliphatic carbocycles. The van der Waals surface area contributed by atoms with Crippen LogP contribution in [-0.4, -0.2) is 60.5 Å². The average molecular weight is 366 g/mol. The summed E-state index contributed by atoms with van der Waals surface area (Å²) in [6, 6.07) is 8.10. The second kappa shape index (κ2) is 7.96. The molecule has 6 heteroatoms. The summed E-state index contributed by atoms with van der Waals surface area (Å²) < 4.78 is 11.3. The van der Waals surface area contributed by atoms with Crippen LogP contribution in [-0.2, 0) is 4.74 Å². The van der Waals surface area contributed by atoms with Gasteiger partial charge < -0.3 is 19.3 Å². The van der Waals surface area contributed by atoms with Gasteiger partial charge in [-0.3, -0.25) is 0 Å². The van der Waals surface area contributed by atoms with E-state index in [1.807, 2.05) is 36.4 Å². The van der Waals surface area contributed by atoms with Crippen molar-refractivity contribution >= 4 is 17.7 Å². The van der Waals surface area contributed by atoms with E-state index in [4.69, 9.17) is 14.5 Å². The molecule has 0 N–H and O–H groups in total. The molecule has 1 saturated heterocycles. The van der Waals surface area contributed by atoms with Crippen molar-refractivity contribution in [2.24, 2.45) is 9.98 Å². The topological polar surface area (TPSA) is 49.7 Å². The molecule has 1 aromatic carbocycles. The number of rotatable bonds is 6. The maximum absolute atomic E-state index is 5.90. The Morgan fingerprint density at radius 2 is 2.00 bits per heavy atom. The van der Waals surface area contributed by atoms with Crippen LogP contribution in [0.15, 0.2) is 52.2 Å². The number of ether oxygens (including phenoxy) is 2. The van der Waals surface area contributed by atoms with Gasteiger partial charge in [0.1, 0.15) is 17.6 Å². The van der Waals surface area contributed by atoms with Gasteiger partial charge in [-0.2, -0.15) is 0 Å². The molecular weight excluding hydrogens is 340 g/mol. The molecule has 4 rings (SSSR count). The third kappa shape index (κ3) is 4.06. The number of amidine groups is 2. The second-order valence-electron chi connectivity index (χ2n) is 6.83. The Morgan fingerprint density at radius 3 is 2.70 bits per heavy atom. The number of aliphatic imine (C=N–C) groups is 2. The lowest BCUT2D eigenvalue weighted by Crippen LogP contribution is -2.43. The van der Waals surface area contributed by atoms with Gasteiger partial charge in [-0.25, -0.2) is 9.98 Å². The lowest BCUT2D eigenvalue weighted by atomic mass is 10.2. The van der Waals surface area contributed by atoms with Crippen LogP contribution in [0.3, 0.4) is 0 Å². The third-order valence-electron chi connectivity index (χ3n) is 4.92. The van der Waals surface area contributed by atoms with E-state index in [2.05, 4.69) is 34.8 Å². The van der Waals surface area contributed by atoms with Crippen molar-refractivity contribution in [3.8, 4) is 5.75 Å². The van der Waals surface area contributed by atoms with Gasteiger partial charge in [0.15, 0.2) is 11.7 Å². The zero-order valence-corrected chi connectivity index (χ0v) is 16.0. The van der Waals surface area contributed by atoms with Crippen LogP contribution in [0, 0.1) is 0 Å². The van der Waals surface area contributed by atoms with E-state index in [1.54, 1.807) is 0 Å². The predicted octanol–water partition coefficient (Wildman–Crippen LogP) is 3.13. The molecule has 0 radical (unpaired) electrons. The highest BCUT2D eigenvalue weighted by Gasteiger charge is 2.26. The zero-order chi connectivity index (χ0) is 18.6. The molecule has 1 aromatic rings. The number of hydrogen-bond donors (Lipinski definition) is 0. The van der Waals surface area contributed by atoms with E-state index in [0.717, 1.165) is 61.5 Å². The molecule has 142 valence electrons. The minimum Gasteiger partial charge on any atom is -0.488 e. The Balaban J connectivity index is 1.43. The van der Waals surface area contributed by atoms with Gasteiger partial charge in [-0.1, -0.05) is 18.2 Å². The first kappa shape index (κ1) is 17.8. The van der Waals surface area contributed by atoms with Gasteiger partial charge in [0.25, 0.3) is 0 Å². The summed E-state index contributed by atoms with van der Waals surface area (Å²) in [5.74, 6) is 2.61. The van der Waals surface area contributed by atoms with Gasteiger partial charge in [-0.05, 0) is 37.6 Å². The van der Waals surface area contributed by atoms with Crippen LogP contribution in [0.25, 0.3) is 6.08 Å². The van der Waals surface area contributed by atoms with Gasteiger partial charge in [-0.15, -0.1) is 0 Å². The molecule has 3 aliphatic rings. The fourth-order valence-electron chi connectivity index (χ4n) is 3.33. The van der Waals surface area contributed by atoms with Crippen molar-refractivity contribution in [3.63, 3.8) is 0 Å². The van der Waals surface area contributed by atoms with Gasteiger partial charge in [0, 0.05) is 25.7 Å². The fourth-order valence-corrected chi connectivity index (χ4v) is 3.33. The summed E-state index contributed by atoms with van der Waals surface area (Å²) in [5.41, 5.74) is 2.05. The molecule has 3 heterocycles. The lowest BCUT2D eigenvalue weighted by Gasteiger charge is -2.33. The summed E-state index contributed by atoms with van der Waals surface area (Å²) in [7, 11) is 0. The molecule has 0 aromatic heterocycles. The van der Waals surface area contributed by atoms with Gasteiger partial charge in [0.05, 0.1) is 19.9 Å². The maximum Gasteiger partial charge on any atom is 0.160 e. The van der Waals surface area contributed by atoms with Crippen molar-refractivity contribution in [1.29, 1.82) is 0 Å².